The number of rotatable bonds is 3. The van der Waals surface area contributed by atoms with Crippen LogP contribution in [0.5, 0.6) is 5.88 Å². The molecule has 3 heterocycles. The summed E-state index contributed by atoms with van der Waals surface area (Å²) in [6.07, 6.45) is 0. The van der Waals surface area contributed by atoms with E-state index in [1.54, 1.807) is 18.9 Å². The second-order valence-electron chi connectivity index (χ2n) is 6.31. The molecule has 1 saturated heterocycles. The lowest BCUT2D eigenvalue weighted by Gasteiger charge is -2.34. The molecule has 2 aliphatic rings. The van der Waals surface area contributed by atoms with Gasteiger partial charge in [0.05, 0.1) is 24.6 Å². The highest BCUT2D eigenvalue weighted by Gasteiger charge is 2.51. The van der Waals surface area contributed by atoms with Crippen LogP contribution < -0.4 is 20.1 Å². The minimum Gasteiger partial charge on any atom is -0.479 e. The zero-order chi connectivity index (χ0) is 18.3. The number of hydrogen-bond acceptors (Lipinski definition) is 8. The summed E-state index contributed by atoms with van der Waals surface area (Å²) in [7, 11) is 1.40. The Balaban J connectivity index is 1.76. The van der Waals surface area contributed by atoms with Crippen LogP contribution in [-0.4, -0.2) is 41.4 Å². The molecule has 4 rings (SSSR count). The second kappa shape index (κ2) is 6.31. The Hall–Kier alpha value is -2.55. The highest BCUT2D eigenvalue weighted by Crippen LogP contribution is 2.44. The van der Waals surface area contributed by atoms with E-state index in [4.69, 9.17) is 15.5 Å². The molecule has 0 radical (unpaired) electrons. The van der Waals surface area contributed by atoms with Crippen LogP contribution in [-0.2, 0) is 5.54 Å². The minimum atomic E-state index is -0.538. The first-order valence-electron chi connectivity index (χ1n) is 8.19. The normalized spacial score (nSPS) is 24.7. The fraction of sp³-hybridized carbons (Fsp3) is 0.353. The number of nitrogens with one attached hydrogen (secondary N) is 1. The smallest absolute Gasteiger partial charge is 0.255 e. The Kier molecular flexibility index (Phi) is 4.10. The van der Waals surface area contributed by atoms with Gasteiger partial charge in [-0.25, -0.2) is 9.98 Å². The molecule has 0 bridgehead atoms. The molecule has 0 spiro atoms. The van der Waals surface area contributed by atoms with E-state index in [0.29, 0.717) is 25.0 Å². The van der Waals surface area contributed by atoms with Crippen molar-refractivity contribution in [3.8, 4) is 5.88 Å². The lowest BCUT2D eigenvalue weighted by atomic mass is 9.89. The van der Waals surface area contributed by atoms with Crippen LogP contribution in [0.1, 0.15) is 11.3 Å². The van der Waals surface area contributed by atoms with Crippen LogP contribution in [0, 0.1) is 12.7 Å². The van der Waals surface area contributed by atoms with Gasteiger partial charge in [-0.15, -0.1) is 0 Å². The molecule has 2 atom stereocenters. The van der Waals surface area contributed by atoms with Gasteiger partial charge in [0.15, 0.2) is 5.96 Å². The minimum absolute atomic E-state index is 0.0510. The maximum Gasteiger partial charge on any atom is 0.255 e. The average molecular weight is 374 g/mol. The molecule has 0 amide bonds. The van der Waals surface area contributed by atoms with Crippen LogP contribution in [0.3, 0.4) is 0 Å². The first-order valence-corrected chi connectivity index (χ1v) is 9.07. The molecule has 7 nitrogen and oxygen atoms in total. The third-order valence-electron chi connectivity index (χ3n) is 4.70. The number of ether oxygens (including phenoxy) is 1. The molecule has 2 aliphatic heterocycles. The molecule has 1 aromatic heterocycles. The fourth-order valence-corrected chi connectivity index (χ4v) is 4.46. The van der Waals surface area contributed by atoms with Gasteiger partial charge in [0.25, 0.3) is 5.88 Å². The Morgan fingerprint density at radius 2 is 2.12 bits per heavy atom. The molecular weight excluding hydrogens is 355 g/mol. The van der Waals surface area contributed by atoms with Gasteiger partial charge in [0.2, 0.25) is 11.8 Å². The summed E-state index contributed by atoms with van der Waals surface area (Å²) < 4.78 is 22.1. The zero-order valence-corrected chi connectivity index (χ0v) is 15.3. The topological polar surface area (TPSA) is 88.7 Å². The largest absolute Gasteiger partial charge is 0.479 e. The van der Waals surface area contributed by atoms with Gasteiger partial charge in [-0.2, -0.15) is 9.37 Å². The van der Waals surface area contributed by atoms with Gasteiger partial charge in [-0.1, -0.05) is 30.3 Å². The van der Waals surface area contributed by atoms with Crippen molar-refractivity contribution in [2.24, 2.45) is 10.7 Å². The fourth-order valence-electron chi connectivity index (χ4n) is 3.44. The maximum absolute atomic E-state index is 14.0. The van der Waals surface area contributed by atoms with E-state index in [9.17, 15) is 4.39 Å². The van der Waals surface area contributed by atoms with E-state index in [0.717, 1.165) is 5.56 Å². The third-order valence-corrected chi connectivity index (χ3v) is 5.85. The van der Waals surface area contributed by atoms with Crippen LogP contribution >= 0.6 is 11.9 Å². The van der Waals surface area contributed by atoms with Gasteiger partial charge in [-0.05, 0) is 24.4 Å². The van der Waals surface area contributed by atoms with Crippen molar-refractivity contribution >= 4 is 23.9 Å². The summed E-state index contributed by atoms with van der Waals surface area (Å²) in [4.78, 5) is 15.3. The van der Waals surface area contributed by atoms with Crippen molar-refractivity contribution in [3.63, 3.8) is 0 Å². The maximum atomic E-state index is 14.0. The average Bonchev–Trinajstić information content (AvgIpc) is 3.04. The first-order chi connectivity index (χ1) is 12.5. The number of hydrogen-bond donors (Lipinski definition) is 2. The molecule has 136 valence electrons. The van der Waals surface area contributed by atoms with Crippen molar-refractivity contribution in [2.75, 3.05) is 25.1 Å². The zero-order valence-electron chi connectivity index (χ0n) is 14.4. The van der Waals surface area contributed by atoms with Crippen LogP contribution in [0.2, 0.25) is 0 Å². The monoisotopic (exact) mass is 374 g/mol. The van der Waals surface area contributed by atoms with Crippen molar-refractivity contribution in [3.05, 3.63) is 47.4 Å². The van der Waals surface area contributed by atoms with E-state index in [2.05, 4.69) is 26.8 Å². The number of nitrogens with zero attached hydrogens (tertiary/aromatic N) is 4. The molecule has 2 unspecified atom stereocenters. The highest BCUT2D eigenvalue weighted by molar-refractivity contribution is 7.98. The predicted molar refractivity (Wildman–Crippen MR) is 99.7 cm³/mol. The van der Waals surface area contributed by atoms with Gasteiger partial charge < -0.3 is 20.1 Å². The summed E-state index contributed by atoms with van der Waals surface area (Å²) in [6, 6.07) is 10.1. The number of aliphatic imine (C=N–C) groups is 1. The van der Waals surface area contributed by atoms with Crippen molar-refractivity contribution < 1.29 is 9.13 Å². The van der Waals surface area contributed by atoms with Crippen molar-refractivity contribution in [1.29, 1.82) is 0 Å². The summed E-state index contributed by atoms with van der Waals surface area (Å²) >= 11 is 1.54. The van der Waals surface area contributed by atoms with Crippen LogP contribution in [0.15, 0.2) is 35.3 Å². The van der Waals surface area contributed by atoms with Gasteiger partial charge in [-0.3, -0.25) is 0 Å². The summed E-state index contributed by atoms with van der Waals surface area (Å²) in [5, 5.41) is 0.108. The van der Waals surface area contributed by atoms with E-state index in [1.165, 1.54) is 7.11 Å². The standard InChI is InChI=1S/C17H19FN6OS/c1-10-13(18)14(25-2)21-16(20-10)24-8-12-17(9-24,22-15(19)23-26-12)11-6-4-3-5-7-11/h3-7,12H,8-9H2,1-2H3,(H3,19,22,23). The van der Waals surface area contributed by atoms with E-state index in [1.807, 2.05) is 23.1 Å². The number of aryl methyl sites for hydroxylation is 1. The molecule has 1 fully saturated rings. The summed E-state index contributed by atoms with van der Waals surface area (Å²) in [6.45, 7) is 2.80. The van der Waals surface area contributed by atoms with E-state index < -0.39 is 11.4 Å². The first kappa shape index (κ1) is 16.9. The van der Waals surface area contributed by atoms with Gasteiger partial charge >= 0.3 is 0 Å². The van der Waals surface area contributed by atoms with Crippen LogP contribution in [0.25, 0.3) is 0 Å². The highest BCUT2D eigenvalue weighted by atomic mass is 32.2. The Bertz CT molecular complexity index is 864. The molecule has 0 aliphatic carbocycles. The van der Waals surface area contributed by atoms with E-state index in [-0.39, 0.29) is 16.8 Å². The molecule has 9 heteroatoms. The molecule has 1 aromatic carbocycles. The Morgan fingerprint density at radius 3 is 2.85 bits per heavy atom. The number of nitrogens with two attached hydrogens (primary N) is 1. The number of guanidine groups is 1. The number of benzene rings is 1. The molecule has 0 saturated carbocycles. The Labute approximate surface area is 155 Å². The summed E-state index contributed by atoms with van der Waals surface area (Å²) in [5.41, 5.74) is 6.80. The van der Waals surface area contributed by atoms with E-state index >= 15 is 0 Å². The third kappa shape index (κ3) is 2.63. The van der Waals surface area contributed by atoms with Gasteiger partial charge in [0, 0.05) is 6.54 Å². The lowest BCUT2D eigenvalue weighted by Crippen LogP contribution is -2.46. The molecule has 26 heavy (non-hydrogen) atoms. The molecule has 3 N–H and O–H groups in total. The van der Waals surface area contributed by atoms with Crippen molar-refractivity contribution in [2.45, 2.75) is 17.7 Å². The number of fused-ring (bicyclic) bond motifs is 1. The number of halogens is 1. The number of aromatic nitrogens is 2. The molecular formula is C17H19FN6OS. The van der Waals surface area contributed by atoms with Crippen molar-refractivity contribution in [1.82, 2.24) is 14.7 Å². The quantitative estimate of drug-likeness (QED) is 0.789. The molecule has 2 aromatic rings. The number of methoxy groups -OCH3 is 1. The second-order valence-corrected chi connectivity index (χ2v) is 7.32. The SMILES string of the molecule is COc1nc(N2CC3SNC(N)=NC3(c3ccccc3)C2)nc(C)c1F. The van der Waals surface area contributed by atoms with Crippen LogP contribution in [0.4, 0.5) is 10.3 Å². The number of anilines is 1. The summed E-state index contributed by atoms with van der Waals surface area (Å²) in [5.74, 6) is 0.236. The van der Waals surface area contributed by atoms with Gasteiger partial charge in [0.1, 0.15) is 5.54 Å². The lowest BCUT2D eigenvalue weighted by molar-refractivity contribution is 0.365. The predicted octanol–water partition coefficient (Wildman–Crippen LogP) is 1.58. The Morgan fingerprint density at radius 1 is 1.35 bits per heavy atom.